The van der Waals surface area contributed by atoms with Gasteiger partial charge in [-0.2, -0.15) is 0 Å². The third-order valence-corrected chi connectivity index (χ3v) is 5.23. The maximum Gasteiger partial charge on any atom is 0.180 e. The second kappa shape index (κ2) is 4.94. The van der Waals surface area contributed by atoms with Crippen molar-refractivity contribution < 1.29 is 0 Å². The third kappa shape index (κ3) is 2.63. The molecule has 2 nitrogen and oxygen atoms in total. The van der Waals surface area contributed by atoms with Crippen LogP contribution in [0.3, 0.4) is 0 Å². The van der Waals surface area contributed by atoms with Gasteiger partial charge in [0, 0.05) is 26.2 Å². The normalized spacial score (nSPS) is 15.0. The standard InChI is InChI=1S/C13H12Br2N2S/c14-9-3-4-10(15)8(5-9)6-11-12(7-1-2-7)17-13(16)18-11/h3-5,7H,1-2,6H2,(H2,16,17). The van der Waals surface area contributed by atoms with E-state index >= 15 is 0 Å². The van der Waals surface area contributed by atoms with Gasteiger partial charge >= 0.3 is 0 Å². The molecule has 0 atom stereocenters. The molecule has 1 heterocycles. The topological polar surface area (TPSA) is 38.9 Å². The molecule has 0 bridgehead atoms. The summed E-state index contributed by atoms with van der Waals surface area (Å²) in [6, 6.07) is 6.26. The average Bonchev–Trinajstić information content (AvgIpc) is 3.09. The maximum absolute atomic E-state index is 5.85. The summed E-state index contributed by atoms with van der Waals surface area (Å²) in [6.07, 6.45) is 3.42. The molecule has 0 aliphatic heterocycles. The van der Waals surface area contributed by atoms with Gasteiger partial charge in [-0.15, -0.1) is 11.3 Å². The number of aromatic nitrogens is 1. The molecule has 1 aliphatic carbocycles. The SMILES string of the molecule is Nc1nc(C2CC2)c(Cc2cc(Br)ccc2Br)s1. The summed E-state index contributed by atoms with van der Waals surface area (Å²) >= 11 is 8.74. The monoisotopic (exact) mass is 386 g/mol. The van der Waals surface area contributed by atoms with Gasteiger partial charge in [-0.05, 0) is 36.6 Å². The van der Waals surface area contributed by atoms with Gasteiger partial charge in [-0.1, -0.05) is 31.9 Å². The summed E-state index contributed by atoms with van der Waals surface area (Å²) in [6.45, 7) is 0. The zero-order chi connectivity index (χ0) is 12.7. The Morgan fingerprint density at radius 1 is 1.33 bits per heavy atom. The number of hydrogen-bond acceptors (Lipinski definition) is 3. The summed E-state index contributed by atoms with van der Waals surface area (Å²) in [5.74, 6) is 0.652. The number of nitrogens with two attached hydrogens (primary N) is 1. The van der Waals surface area contributed by atoms with Crippen molar-refractivity contribution in [3.8, 4) is 0 Å². The molecular formula is C13H12Br2N2S. The number of rotatable bonds is 3. The number of nitrogen functional groups attached to an aromatic ring is 1. The first kappa shape index (κ1) is 12.6. The third-order valence-electron chi connectivity index (χ3n) is 3.07. The molecule has 0 unspecified atom stereocenters. The highest BCUT2D eigenvalue weighted by molar-refractivity contribution is 9.11. The van der Waals surface area contributed by atoms with Gasteiger partial charge in [-0.25, -0.2) is 4.98 Å². The molecule has 5 heteroatoms. The largest absolute Gasteiger partial charge is 0.375 e. The van der Waals surface area contributed by atoms with E-state index in [0.717, 1.165) is 15.4 Å². The summed E-state index contributed by atoms with van der Waals surface area (Å²) in [7, 11) is 0. The summed E-state index contributed by atoms with van der Waals surface area (Å²) in [5, 5.41) is 0.693. The molecule has 0 saturated heterocycles. The van der Waals surface area contributed by atoms with Crippen LogP contribution in [0.5, 0.6) is 0 Å². The lowest BCUT2D eigenvalue weighted by Gasteiger charge is -2.05. The Balaban J connectivity index is 1.94. The van der Waals surface area contributed by atoms with Crippen LogP contribution in [0.4, 0.5) is 5.13 Å². The number of hydrogen-bond donors (Lipinski definition) is 1. The Bertz CT molecular complexity index is 591. The maximum atomic E-state index is 5.85. The predicted octanol–water partition coefficient (Wildman–Crippen LogP) is 4.72. The molecule has 94 valence electrons. The van der Waals surface area contributed by atoms with Gasteiger partial charge in [0.25, 0.3) is 0 Å². The van der Waals surface area contributed by atoms with E-state index in [1.54, 1.807) is 11.3 Å². The molecule has 1 aliphatic rings. The molecule has 0 spiro atoms. The number of anilines is 1. The summed E-state index contributed by atoms with van der Waals surface area (Å²) in [4.78, 5) is 5.80. The van der Waals surface area contributed by atoms with Crippen LogP contribution in [0.2, 0.25) is 0 Å². The van der Waals surface area contributed by atoms with Gasteiger partial charge in [0.2, 0.25) is 0 Å². The fourth-order valence-corrected chi connectivity index (χ4v) is 3.77. The molecule has 0 radical (unpaired) electrons. The molecular weight excluding hydrogens is 376 g/mol. The van der Waals surface area contributed by atoms with E-state index in [-0.39, 0.29) is 0 Å². The van der Waals surface area contributed by atoms with Gasteiger partial charge in [0.05, 0.1) is 5.69 Å². The molecule has 3 rings (SSSR count). The van der Waals surface area contributed by atoms with E-state index in [1.165, 1.54) is 29.0 Å². The van der Waals surface area contributed by atoms with Crippen molar-refractivity contribution in [2.75, 3.05) is 5.73 Å². The van der Waals surface area contributed by atoms with E-state index in [4.69, 9.17) is 5.73 Å². The molecule has 18 heavy (non-hydrogen) atoms. The number of thiazole rings is 1. The van der Waals surface area contributed by atoms with Crippen molar-refractivity contribution in [3.05, 3.63) is 43.3 Å². The van der Waals surface area contributed by atoms with Crippen molar-refractivity contribution in [1.82, 2.24) is 4.98 Å². The lowest BCUT2D eigenvalue weighted by Crippen LogP contribution is -1.92. The van der Waals surface area contributed by atoms with Crippen molar-refractivity contribution in [2.45, 2.75) is 25.2 Å². The Kier molecular flexibility index (Phi) is 3.47. The van der Waals surface area contributed by atoms with Gasteiger partial charge in [-0.3, -0.25) is 0 Å². The zero-order valence-electron chi connectivity index (χ0n) is 9.62. The first-order valence-corrected chi connectivity index (χ1v) is 8.22. The fraction of sp³-hybridized carbons (Fsp3) is 0.308. The minimum absolute atomic E-state index is 0.652. The second-order valence-electron chi connectivity index (χ2n) is 4.55. The molecule has 1 aromatic carbocycles. The molecule has 1 fully saturated rings. The molecule has 1 saturated carbocycles. The van der Waals surface area contributed by atoms with Crippen LogP contribution in [0.25, 0.3) is 0 Å². The van der Waals surface area contributed by atoms with Crippen molar-refractivity contribution in [3.63, 3.8) is 0 Å². The van der Waals surface area contributed by atoms with Crippen molar-refractivity contribution in [1.29, 1.82) is 0 Å². The van der Waals surface area contributed by atoms with Crippen LogP contribution in [0, 0.1) is 0 Å². The van der Waals surface area contributed by atoms with E-state index in [0.29, 0.717) is 11.0 Å². The Hall–Kier alpha value is -0.390. The van der Waals surface area contributed by atoms with Crippen LogP contribution in [0.15, 0.2) is 27.1 Å². The number of benzene rings is 1. The van der Waals surface area contributed by atoms with Crippen molar-refractivity contribution >= 4 is 48.3 Å². The van der Waals surface area contributed by atoms with Gasteiger partial charge in [0.1, 0.15) is 0 Å². The van der Waals surface area contributed by atoms with E-state index in [9.17, 15) is 0 Å². The van der Waals surface area contributed by atoms with E-state index in [1.807, 2.05) is 6.07 Å². The minimum atomic E-state index is 0.652. The quantitative estimate of drug-likeness (QED) is 0.827. The van der Waals surface area contributed by atoms with Crippen LogP contribution < -0.4 is 5.73 Å². The lowest BCUT2D eigenvalue weighted by molar-refractivity contribution is 1.01. The smallest absolute Gasteiger partial charge is 0.180 e. The fourth-order valence-electron chi connectivity index (χ4n) is 2.04. The number of halogens is 2. The predicted molar refractivity (Wildman–Crippen MR) is 83.1 cm³/mol. The van der Waals surface area contributed by atoms with Crippen LogP contribution in [-0.2, 0) is 6.42 Å². The van der Waals surface area contributed by atoms with E-state index in [2.05, 4.69) is 49.0 Å². The highest BCUT2D eigenvalue weighted by Gasteiger charge is 2.29. The lowest BCUT2D eigenvalue weighted by atomic mass is 10.1. The molecule has 2 N–H and O–H groups in total. The highest BCUT2D eigenvalue weighted by atomic mass is 79.9. The Morgan fingerprint density at radius 2 is 2.11 bits per heavy atom. The van der Waals surface area contributed by atoms with Gasteiger partial charge in [0.15, 0.2) is 5.13 Å². The summed E-state index contributed by atoms with van der Waals surface area (Å²) in [5.41, 5.74) is 8.35. The first-order valence-electron chi connectivity index (χ1n) is 5.82. The Morgan fingerprint density at radius 3 is 2.83 bits per heavy atom. The molecule has 2 aromatic rings. The summed E-state index contributed by atoms with van der Waals surface area (Å²) < 4.78 is 2.24. The highest BCUT2D eigenvalue weighted by Crippen LogP contribution is 2.44. The first-order chi connectivity index (χ1) is 8.63. The Labute approximate surface area is 127 Å². The second-order valence-corrected chi connectivity index (χ2v) is 7.43. The molecule has 1 aromatic heterocycles. The van der Waals surface area contributed by atoms with E-state index < -0.39 is 0 Å². The van der Waals surface area contributed by atoms with Gasteiger partial charge < -0.3 is 5.73 Å². The molecule has 0 amide bonds. The van der Waals surface area contributed by atoms with Crippen LogP contribution in [0.1, 0.15) is 34.9 Å². The van der Waals surface area contributed by atoms with Crippen LogP contribution >= 0.6 is 43.2 Å². The minimum Gasteiger partial charge on any atom is -0.375 e. The zero-order valence-corrected chi connectivity index (χ0v) is 13.6. The number of nitrogens with zero attached hydrogens (tertiary/aromatic N) is 1. The average molecular weight is 388 g/mol. The van der Waals surface area contributed by atoms with Crippen molar-refractivity contribution in [2.24, 2.45) is 0 Å². The van der Waals surface area contributed by atoms with Crippen LogP contribution in [-0.4, -0.2) is 4.98 Å².